The van der Waals surface area contributed by atoms with E-state index in [1.165, 1.54) is 38.5 Å². The van der Waals surface area contributed by atoms with Gasteiger partial charge in [0.25, 0.3) is 0 Å². The number of hydrogen-bond donors (Lipinski definition) is 1. The van der Waals surface area contributed by atoms with Gasteiger partial charge < -0.3 is 5.32 Å². The molecule has 2 aliphatic rings. The Morgan fingerprint density at radius 1 is 1.18 bits per heavy atom. The standard InChI is InChI=1S/C16H23N/c1-2-17-12-13-6-3-8-15-14(13)7-4-9-16(15)10-5-11-16/h3,6,8,17H,2,4-5,7,9-12H2,1H3. The SMILES string of the molecule is CCNCc1cccc2c1CCCC21CCC1. The van der Waals surface area contributed by atoms with Crippen molar-refractivity contribution in [1.82, 2.24) is 5.32 Å². The van der Waals surface area contributed by atoms with Crippen molar-refractivity contribution >= 4 is 0 Å². The van der Waals surface area contributed by atoms with Crippen molar-refractivity contribution in [3.8, 4) is 0 Å². The van der Waals surface area contributed by atoms with E-state index in [2.05, 4.69) is 30.4 Å². The smallest absolute Gasteiger partial charge is 0.0208 e. The second-order valence-electron chi connectivity index (χ2n) is 5.71. The van der Waals surface area contributed by atoms with Crippen LogP contribution in [-0.4, -0.2) is 6.54 Å². The quantitative estimate of drug-likeness (QED) is 0.835. The molecule has 17 heavy (non-hydrogen) atoms. The molecule has 1 nitrogen and oxygen atoms in total. The van der Waals surface area contributed by atoms with Gasteiger partial charge in [-0.3, -0.25) is 0 Å². The summed E-state index contributed by atoms with van der Waals surface area (Å²) < 4.78 is 0. The summed E-state index contributed by atoms with van der Waals surface area (Å²) in [4.78, 5) is 0. The Morgan fingerprint density at radius 2 is 2.00 bits per heavy atom. The summed E-state index contributed by atoms with van der Waals surface area (Å²) in [6, 6.07) is 7.00. The fraction of sp³-hybridized carbons (Fsp3) is 0.625. The second-order valence-corrected chi connectivity index (χ2v) is 5.71. The van der Waals surface area contributed by atoms with E-state index >= 15 is 0 Å². The van der Waals surface area contributed by atoms with Gasteiger partial charge in [-0.25, -0.2) is 0 Å². The van der Waals surface area contributed by atoms with Crippen molar-refractivity contribution in [3.05, 3.63) is 34.9 Å². The summed E-state index contributed by atoms with van der Waals surface area (Å²) in [7, 11) is 0. The molecule has 0 bridgehead atoms. The van der Waals surface area contributed by atoms with E-state index in [1.807, 2.05) is 0 Å². The van der Waals surface area contributed by atoms with Crippen LogP contribution in [0.2, 0.25) is 0 Å². The van der Waals surface area contributed by atoms with Crippen LogP contribution in [0.25, 0.3) is 0 Å². The van der Waals surface area contributed by atoms with Crippen LogP contribution >= 0.6 is 0 Å². The lowest BCUT2D eigenvalue weighted by molar-refractivity contribution is 0.208. The fourth-order valence-electron chi connectivity index (χ4n) is 3.71. The van der Waals surface area contributed by atoms with Crippen molar-refractivity contribution in [2.24, 2.45) is 0 Å². The van der Waals surface area contributed by atoms with Gasteiger partial charge >= 0.3 is 0 Å². The molecular weight excluding hydrogens is 206 g/mol. The third-order valence-electron chi connectivity index (χ3n) is 4.80. The maximum atomic E-state index is 3.48. The molecule has 1 N–H and O–H groups in total. The summed E-state index contributed by atoms with van der Waals surface area (Å²) >= 11 is 0. The zero-order valence-electron chi connectivity index (χ0n) is 10.9. The molecule has 1 aromatic rings. The van der Waals surface area contributed by atoms with Gasteiger partial charge in [-0.15, -0.1) is 0 Å². The normalized spacial score (nSPS) is 21.0. The van der Waals surface area contributed by atoms with Crippen LogP contribution in [0.1, 0.15) is 55.7 Å². The lowest BCUT2D eigenvalue weighted by atomic mass is 9.58. The molecule has 0 radical (unpaired) electrons. The van der Waals surface area contributed by atoms with Gasteiger partial charge in [0.05, 0.1) is 0 Å². The van der Waals surface area contributed by atoms with E-state index in [-0.39, 0.29) is 0 Å². The van der Waals surface area contributed by atoms with Gasteiger partial charge in [-0.05, 0) is 60.8 Å². The van der Waals surface area contributed by atoms with E-state index < -0.39 is 0 Å². The highest BCUT2D eigenvalue weighted by molar-refractivity contribution is 5.43. The maximum Gasteiger partial charge on any atom is 0.0208 e. The third kappa shape index (κ3) is 1.81. The van der Waals surface area contributed by atoms with Gasteiger partial charge in [0, 0.05) is 6.54 Å². The summed E-state index contributed by atoms with van der Waals surface area (Å²) in [5, 5.41) is 3.48. The molecule has 0 saturated heterocycles. The molecule has 2 aliphatic carbocycles. The fourth-order valence-corrected chi connectivity index (χ4v) is 3.71. The van der Waals surface area contributed by atoms with Crippen molar-refractivity contribution < 1.29 is 0 Å². The number of fused-ring (bicyclic) bond motifs is 2. The summed E-state index contributed by atoms with van der Waals surface area (Å²) in [5.74, 6) is 0. The predicted molar refractivity (Wildman–Crippen MR) is 72.3 cm³/mol. The van der Waals surface area contributed by atoms with Crippen molar-refractivity contribution in [1.29, 1.82) is 0 Å². The van der Waals surface area contributed by atoms with E-state index in [0.717, 1.165) is 13.1 Å². The number of benzene rings is 1. The van der Waals surface area contributed by atoms with Crippen LogP contribution < -0.4 is 5.32 Å². The van der Waals surface area contributed by atoms with Gasteiger partial charge in [-0.2, -0.15) is 0 Å². The Balaban J connectivity index is 1.96. The Morgan fingerprint density at radius 3 is 2.71 bits per heavy atom. The molecule has 0 atom stereocenters. The zero-order chi connectivity index (χ0) is 11.7. The number of hydrogen-bond acceptors (Lipinski definition) is 1. The van der Waals surface area contributed by atoms with Crippen LogP contribution in [0.5, 0.6) is 0 Å². The lowest BCUT2D eigenvalue weighted by Crippen LogP contribution is -2.38. The largest absolute Gasteiger partial charge is 0.313 e. The average molecular weight is 229 g/mol. The van der Waals surface area contributed by atoms with Crippen LogP contribution in [-0.2, 0) is 18.4 Å². The minimum atomic E-state index is 0.593. The Bertz CT molecular complexity index is 404. The van der Waals surface area contributed by atoms with Crippen LogP contribution in [0.3, 0.4) is 0 Å². The van der Waals surface area contributed by atoms with Crippen LogP contribution in [0, 0.1) is 0 Å². The molecule has 0 heterocycles. The first-order valence-electron chi connectivity index (χ1n) is 7.18. The molecular formula is C16H23N. The van der Waals surface area contributed by atoms with Crippen LogP contribution in [0.4, 0.5) is 0 Å². The van der Waals surface area contributed by atoms with Gasteiger partial charge in [0.2, 0.25) is 0 Å². The molecule has 0 aliphatic heterocycles. The van der Waals surface area contributed by atoms with E-state index in [9.17, 15) is 0 Å². The molecule has 0 aromatic heterocycles. The molecule has 1 heteroatoms. The summed E-state index contributed by atoms with van der Waals surface area (Å²) in [6.07, 6.45) is 8.45. The van der Waals surface area contributed by atoms with Gasteiger partial charge in [-0.1, -0.05) is 31.5 Å². The monoisotopic (exact) mass is 229 g/mol. The maximum absolute atomic E-state index is 3.48. The zero-order valence-corrected chi connectivity index (χ0v) is 10.9. The second kappa shape index (κ2) is 4.45. The lowest BCUT2D eigenvalue weighted by Gasteiger charge is -2.47. The molecule has 1 fully saturated rings. The number of nitrogens with one attached hydrogen (secondary N) is 1. The predicted octanol–water partition coefficient (Wildman–Crippen LogP) is 3.55. The van der Waals surface area contributed by atoms with Gasteiger partial charge in [0.15, 0.2) is 0 Å². The van der Waals surface area contributed by atoms with E-state index in [0.29, 0.717) is 5.41 Å². The van der Waals surface area contributed by atoms with Crippen LogP contribution in [0.15, 0.2) is 18.2 Å². The first-order valence-corrected chi connectivity index (χ1v) is 7.18. The van der Waals surface area contributed by atoms with Gasteiger partial charge in [0.1, 0.15) is 0 Å². The minimum Gasteiger partial charge on any atom is -0.313 e. The third-order valence-corrected chi connectivity index (χ3v) is 4.80. The average Bonchev–Trinajstić information content (AvgIpc) is 2.33. The topological polar surface area (TPSA) is 12.0 Å². The highest BCUT2D eigenvalue weighted by Gasteiger charge is 2.41. The minimum absolute atomic E-state index is 0.593. The first-order chi connectivity index (χ1) is 8.36. The Kier molecular flexibility index (Phi) is 2.96. The first kappa shape index (κ1) is 11.3. The number of rotatable bonds is 3. The molecule has 92 valence electrons. The highest BCUT2D eigenvalue weighted by atomic mass is 14.8. The highest BCUT2D eigenvalue weighted by Crippen LogP contribution is 2.51. The molecule has 1 aromatic carbocycles. The molecule has 1 spiro atoms. The van der Waals surface area contributed by atoms with Crippen molar-refractivity contribution in [2.45, 2.75) is 57.4 Å². The molecule has 3 rings (SSSR count). The van der Waals surface area contributed by atoms with Crippen molar-refractivity contribution in [3.63, 3.8) is 0 Å². The summed E-state index contributed by atoms with van der Waals surface area (Å²) in [6.45, 7) is 4.30. The Hall–Kier alpha value is -0.820. The molecule has 1 saturated carbocycles. The Labute approximate surface area is 105 Å². The van der Waals surface area contributed by atoms with Crippen molar-refractivity contribution in [2.75, 3.05) is 6.54 Å². The van der Waals surface area contributed by atoms with E-state index in [4.69, 9.17) is 0 Å². The van der Waals surface area contributed by atoms with E-state index in [1.54, 1.807) is 16.7 Å². The molecule has 0 amide bonds. The summed E-state index contributed by atoms with van der Waals surface area (Å²) in [5.41, 5.74) is 5.52. The molecule has 0 unspecified atom stereocenters.